The van der Waals surface area contributed by atoms with Gasteiger partial charge in [0.15, 0.2) is 0 Å². The van der Waals surface area contributed by atoms with Crippen LogP contribution in [-0.2, 0) is 4.74 Å². The smallest absolute Gasteiger partial charge is 0.410 e. The van der Waals surface area contributed by atoms with E-state index in [1.165, 1.54) is 12.1 Å². The van der Waals surface area contributed by atoms with Crippen molar-refractivity contribution in [3.8, 4) is 5.88 Å². The molecule has 1 aliphatic heterocycles. The van der Waals surface area contributed by atoms with Crippen LogP contribution in [0.15, 0.2) is 18.3 Å². The standard InChI is InChI=1S/C16H23N3O5/c1-16(2,3)24-15(20)18-9-5-4-6-13(18)11-23-14-8-7-12(10-17-14)19(21)22/h7-8,10,13H,4-6,9,11H2,1-3H3/t13-/m0/s1. The van der Waals surface area contributed by atoms with E-state index in [0.717, 1.165) is 25.5 Å². The highest BCUT2D eigenvalue weighted by molar-refractivity contribution is 5.68. The molecule has 1 atom stereocenters. The van der Waals surface area contributed by atoms with Gasteiger partial charge < -0.3 is 14.4 Å². The first-order chi connectivity index (χ1) is 11.3. The minimum atomic E-state index is -0.542. The average molecular weight is 337 g/mol. The molecule has 0 radical (unpaired) electrons. The van der Waals surface area contributed by atoms with Crippen molar-refractivity contribution in [1.82, 2.24) is 9.88 Å². The minimum Gasteiger partial charge on any atom is -0.475 e. The highest BCUT2D eigenvalue weighted by Crippen LogP contribution is 2.21. The highest BCUT2D eigenvalue weighted by Gasteiger charge is 2.31. The van der Waals surface area contributed by atoms with Crippen LogP contribution < -0.4 is 4.74 Å². The van der Waals surface area contributed by atoms with Crippen molar-refractivity contribution in [2.75, 3.05) is 13.2 Å². The molecule has 0 spiro atoms. The van der Waals surface area contributed by atoms with Crippen molar-refractivity contribution < 1.29 is 19.2 Å². The van der Waals surface area contributed by atoms with E-state index in [1.807, 2.05) is 20.8 Å². The molecule has 0 aliphatic carbocycles. The molecule has 1 aromatic heterocycles. The lowest BCUT2D eigenvalue weighted by atomic mass is 10.0. The van der Waals surface area contributed by atoms with E-state index in [4.69, 9.17) is 9.47 Å². The molecule has 24 heavy (non-hydrogen) atoms. The third-order valence-corrected chi connectivity index (χ3v) is 3.61. The van der Waals surface area contributed by atoms with Crippen molar-refractivity contribution in [1.29, 1.82) is 0 Å². The zero-order valence-corrected chi connectivity index (χ0v) is 14.2. The van der Waals surface area contributed by atoms with Crippen LogP contribution >= 0.6 is 0 Å². The van der Waals surface area contributed by atoms with Gasteiger partial charge in [-0.1, -0.05) is 0 Å². The normalized spacial score (nSPS) is 18.1. The molecule has 8 heteroatoms. The molecule has 132 valence electrons. The summed E-state index contributed by atoms with van der Waals surface area (Å²) < 4.78 is 11.0. The molecule has 1 amide bonds. The van der Waals surface area contributed by atoms with Gasteiger partial charge in [0, 0.05) is 18.7 Å². The number of carbonyl (C=O) groups excluding carboxylic acids is 1. The summed E-state index contributed by atoms with van der Waals surface area (Å²) in [7, 11) is 0. The summed E-state index contributed by atoms with van der Waals surface area (Å²) in [5, 5.41) is 10.6. The number of hydrogen-bond donors (Lipinski definition) is 0. The van der Waals surface area contributed by atoms with E-state index in [0.29, 0.717) is 12.4 Å². The summed E-state index contributed by atoms with van der Waals surface area (Å²) >= 11 is 0. The largest absolute Gasteiger partial charge is 0.475 e. The number of ether oxygens (including phenoxy) is 2. The van der Waals surface area contributed by atoms with Gasteiger partial charge in [-0.25, -0.2) is 9.78 Å². The number of pyridine rings is 1. The molecule has 0 N–H and O–H groups in total. The first-order valence-electron chi connectivity index (χ1n) is 7.99. The summed E-state index contributed by atoms with van der Waals surface area (Å²) in [5.41, 5.74) is -0.629. The number of carbonyl (C=O) groups is 1. The second-order valence-electron chi connectivity index (χ2n) is 6.75. The number of aromatic nitrogens is 1. The fourth-order valence-electron chi connectivity index (χ4n) is 2.48. The van der Waals surface area contributed by atoms with Crippen LogP contribution in [0.25, 0.3) is 0 Å². The fourth-order valence-corrected chi connectivity index (χ4v) is 2.48. The molecular weight excluding hydrogens is 314 g/mol. The van der Waals surface area contributed by atoms with Crippen molar-refractivity contribution in [3.63, 3.8) is 0 Å². The molecule has 0 saturated carbocycles. The van der Waals surface area contributed by atoms with Crippen molar-refractivity contribution >= 4 is 11.8 Å². The van der Waals surface area contributed by atoms with E-state index in [-0.39, 0.29) is 24.4 Å². The number of hydrogen-bond acceptors (Lipinski definition) is 6. The molecule has 0 bridgehead atoms. The Labute approximate surface area is 140 Å². The number of nitro groups is 1. The topological polar surface area (TPSA) is 94.8 Å². The lowest BCUT2D eigenvalue weighted by molar-refractivity contribution is -0.385. The molecule has 0 aromatic carbocycles. The van der Waals surface area contributed by atoms with Gasteiger partial charge >= 0.3 is 6.09 Å². The van der Waals surface area contributed by atoms with Crippen LogP contribution in [0.5, 0.6) is 5.88 Å². The number of likely N-dealkylation sites (tertiary alicyclic amines) is 1. The van der Waals surface area contributed by atoms with Gasteiger partial charge in [0.25, 0.3) is 5.69 Å². The molecule has 0 unspecified atom stereocenters. The summed E-state index contributed by atoms with van der Waals surface area (Å²) in [6, 6.07) is 2.71. The summed E-state index contributed by atoms with van der Waals surface area (Å²) in [4.78, 5) is 28.0. The predicted molar refractivity (Wildman–Crippen MR) is 87.0 cm³/mol. The first kappa shape index (κ1) is 18.0. The van der Waals surface area contributed by atoms with E-state index in [9.17, 15) is 14.9 Å². The Balaban J connectivity index is 1.95. The molecule has 2 heterocycles. The number of nitrogens with zero attached hydrogens (tertiary/aromatic N) is 3. The predicted octanol–water partition coefficient (Wildman–Crippen LogP) is 3.16. The molecular formula is C16H23N3O5. The van der Waals surface area contributed by atoms with Crippen LogP contribution in [0.4, 0.5) is 10.5 Å². The van der Waals surface area contributed by atoms with Crippen LogP contribution in [-0.4, -0.2) is 45.7 Å². The van der Waals surface area contributed by atoms with Gasteiger partial charge in [-0.15, -0.1) is 0 Å². The van der Waals surface area contributed by atoms with Crippen LogP contribution in [0.1, 0.15) is 40.0 Å². The number of amides is 1. The molecule has 8 nitrogen and oxygen atoms in total. The van der Waals surface area contributed by atoms with E-state index < -0.39 is 10.5 Å². The van der Waals surface area contributed by atoms with Gasteiger partial charge in [-0.3, -0.25) is 10.1 Å². The quantitative estimate of drug-likeness (QED) is 0.618. The monoisotopic (exact) mass is 337 g/mol. The number of rotatable bonds is 4. The molecule has 1 aromatic rings. The summed E-state index contributed by atoms with van der Waals surface area (Å²) in [5.74, 6) is 0.301. The maximum absolute atomic E-state index is 12.3. The van der Waals surface area contributed by atoms with Crippen molar-refractivity contribution in [2.24, 2.45) is 0 Å². The maximum atomic E-state index is 12.3. The molecule has 1 aliphatic rings. The average Bonchev–Trinajstić information content (AvgIpc) is 2.52. The Bertz CT molecular complexity index is 582. The minimum absolute atomic E-state index is 0.0876. The second-order valence-corrected chi connectivity index (χ2v) is 6.75. The zero-order valence-electron chi connectivity index (χ0n) is 14.2. The molecule has 1 fully saturated rings. The first-order valence-corrected chi connectivity index (χ1v) is 7.99. The lowest BCUT2D eigenvalue weighted by Gasteiger charge is -2.36. The zero-order chi connectivity index (χ0) is 17.7. The lowest BCUT2D eigenvalue weighted by Crippen LogP contribution is -2.48. The third kappa shape index (κ3) is 5.07. The Kier molecular flexibility index (Phi) is 5.58. The van der Waals surface area contributed by atoms with Gasteiger partial charge in [0.1, 0.15) is 18.4 Å². The van der Waals surface area contributed by atoms with Crippen LogP contribution in [0, 0.1) is 10.1 Å². The van der Waals surface area contributed by atoms with Crippen molar-refractivity contribution in [2.45, 2.75) is 51.7 Å². The van der Waals surface area contributed by atoms with Gasteiger partial charge in [0.2, 0.25) is 5.88 Å². The highest BCUT2D eigenvalue weighted by atomic mass is 16.6. The van der Waals surface area contributed by atoms with Gasteiger partial charge in [-0.2, -0.15) is 0 Å². The molecule has 1 saturated heterocycles. The van der Waals surface area contributed by atoms with Crippen LogP contribution in [0.2, 0.25) is 0 Å². The number of piperidine rings is 1. The van der Waals surface area contributed by atoms with Gasteiger partial charge in [-0.05, 0) is 40.0 Å². The van der Waals surface area contributed by atoms with Crippen molar-refractivity contribution in [3.05, 3.63) is 28.4 Å². The fraction of sp³-hybridized carbons (Fsp3) is 0.625. The van der Waals surface area contributed by atoms with E-state index in [1.54, 1.807) is 4.90 Å². The van der Waals surface area contributed by atoms with Gasteiger partial charge in [0.05, 0.1) is 11.0 Å². The Hall–Kier alpha value is -2.38. The van der Waals surface area contributed by atoms with E-state index >= 15 is 0 Å². The Morgan fingerprint density at radius 2 is 2.17 bits per heavy atom. The second kappa shape index (κ2) is 7.46. The summed E-state index contributed by atoms with van der Waals surface area (Å²) in [6.07, 6.45) is 3.59. The summed E-state index contributed by atoms with van der Waals surface area (Å²) in [6.45, 7) is 6.42. The van der Waals surface area contributed by atoms with Crippen LogP contribution in [0.3, 0.4) is 0 Å². The third-order valence-electron chi connectivity index (χ3n) is 3.61. The Morgan fingerprint density at radius 1 is 1.42 bits per heavy atom. The Morgan fingerprint density at radius 3 is 2.75 bits per heavy atom. The maximum Gasteiger partial charge on any atom is 0.410 e. The molecule has 2 rings (SSSR count). The SMILES string of the molecule is CC(C)(C)OC(=O)N1CCCC[C@H]1COc1ccc([N+](=O)[O-])cn1. The van der Waals surface area contributed by atoms with E-state index in [2.05, 4.69) is 4.98 Å².